The average molecular weight is 1460 g/mol. The van der Waals surface area contributed by atoms with Gasteiger partial charge in [0.05, 0.1) is 27.7 Å². The van der Waals surface area contributed by atoms with Crippen LogP contribution in [-0.2, 0) is 32.7 Å². The van der Waals surface area contributed by atoms with Crippen molar-refractivity contribution in [3.05, 3.63) is 194 Å². The van der Waals surface area contributed by atoms with Gasteiger partial charge >= 0.3 is 11.9 Å². The number of likely N-dealkylation sites (N-methyl/N-ethyl adjacent to an activating group) is 1. The van der Waals surface area contributed by atoms with Gasteiger partial charge < -0.3 is 27.9 Å². The summed E-state index contributed by atoms with van der Waals surface area (Å²) in [5.74, 6) is -0.856. The molecule has 0 spiro atoms. The molecule has 0 aliphatic carbocycles. The summed E-state index contributed by atoms with van der Waals surface area (Å²) in [7, 11) is 1.14. The number of hydrogen-bond acceptors (Lipinski definition) is 8. The highest BCUT2D eigenvalue weighted by Gasteiger charge is 2.22. The molecule has 0 saturated heterocycles. The standard InChI is InChI=1S/C94H156NO8P/c1-6-8-10-12-14-16-18-20-22-24-26-28-30-32-34-36-38-40-42-44-46-47-49-50-52-54-56-58-60-62-64-66-68-70-72-74-76-78-80-82-84-86-93(96)100-90-92(91-102-104(98,99)101-89-88-95(3,4)5)103-94(97)87-85-83-81-79-77-75-73-71-69-67-65-63-61-59-57-55-53-51-48-45-43-41-39-37-35-33-31-29-27-25-23-21-19-17-15-13-11-9-7-2/h8-11,14-17,20-23,26-29,32-35,39,41,45,48,53,55,59,61,65,67,71,73,92H,6-7,12-13,18-19,24-25,30-31,36-38,40,42-44,46-47,49-52,54,56-58,60,62-64,66,68-70,72,74-91H2,1-5H3/b10-8-,11-9-,16-14-,17-15-,22-20-,23-21-,28-26-,29-27-,34-32-,35-33-,41-39-,48-45-,55-53-,61-59-,67-65-,73-71-. The number of phosphoric acid groups is 1. The Kier molecular flexibility index (Phi) is 77.9. The van der Waals surface area contributed by atoms with Crippen LogP contribution in [0.2, 0.25) is 0 Å². The summed E-state index contributed by atoms with van der Waals surface area (Å²) < 4.78 is 34.4. The molecule has 0 saturated carbocycles. The van der Waals surface area contributed by atoms with Gasteiger partial charge in [-0.15, -0.1) is 0 Å². The third-order valence-corrected chi connectivity index (χ3v) is 18.6. The lowest BCUT2D eigenvalue weighted by atomic mass is 10.0. The maximum absolute atomic E-state index is 12.9. The number of carbonyl (C=O) groups is 2. The number of hydrogen-bond donors (Lipinski definition) is 0. The van der Waals surface area contributed by atoms with Crippen LogP contribution in [0, 0.1) is 0 Å². The molecule has 0 N–H and O–H groups in total. The van der Waals surface area contributed by atoms with Gasteiger partial charge in [0.1, 0.15) is 19.8 Å². The lowest BCUT2D eigenvalue weighted by molar-refractivity contribution is -0.870. The van der Waals surface area contributed by atoms with Crippen LogP contribution in [0.25, 0.3) is 0 Å². The average Bonchev–Trinajstić information content (AvgIpc) is 0.915. The molecule has 2 atom stereocenters. The third kappa shape index (κ3) is 85.8. The Balaban J connectivity index is 4.02. The molecule has 0 radical (unpaired) electrons. The SMILES string of the molecule is CC/C=C\C/C=C\C/C=C\C/C=C\C/C=C\C/C=C\C/C=C\C/C=C\C/C=C\C/C=C\C/C=C\CCCCCCCC(=O)OC(COC(=O)CCCCCCCCCCCCCCCCCCCCCCCCCCC/C=C\C/C=C\C/C=C\C/C=C\C/C=C\CC)COP(=O)([O-])OCC[N+](C)(C)C. The van der Waals surface area contributed by atoms with Crippen molar-refractivity contribution in [2.45, 2.75) is 341 Å². The first kappa shape index (κ1) is 98.8. The fraction of sp³-hybridized carbons (Fsp3) is 0.638. The summed E-state index contributed by atoms with van der Waals surface area (Å²) in [6, 6.07) is 0. The van der Waals surface area contributed by atoms with E-state index in [1.165, 1.54) is 148 Å². The summed E-state index contributed by atoms with van der Waals surface area (Å²) in [6.45, 7) is 4.00. The summed E-state index contributed by atoms with van der Waals surface area (Å²) in [4.78, 5) is 38.2. The Bertz CT molecular complexity index is 2470. The normalized spacial score (nSPS) is 14.0. The van der Waals surface area contributed by atoms with Gasteiger partial charge in [0.2, 0.25) is 0 Å². The van der Waals surface area contributed by atoms with Crippen molar-refractivity contribution in [2.75, 3.05) is 47.5 Å². The van der Waals surface area contributed by atoms with E-state index >= 15 is 0 Å². The van der Waals surface area contributed by atoms with E-state index in [1.807, 2.05) is 21.1 Å². The first-order valence-electron chi connectivity index (χ1n) is 42.1. The molecule has 0 rings (SSSR count). The Morgan fingerprint density at radius 3 is 0.769 bits per heavy atom. The van der Waals surface area contributed by atoms with Gasteiger partial charge in [-0.25, -0.2) is 0 Å². The number of quaternary nitrogens is 1. The van der Waals surface area contributed by atoms with Gasteiger partial charge in [0.25, 0.3) is 7.82 Å². The number of phosphoric ester groups is 1. The van der Waals surface area contributed by atoms with Gasteiger partial charge in [0.15, 0.2) is 6.10 Å². The molecule has 590 valence electrons. The predicted molar refractivity (Wildman–Crippen MR) is 452 cm³/mol. The molecule has 0 aromatic heterocycles. The zero-order chi connectivity index (χ0) is 75.4. The molecule has 0 aliphatic heterocycles. The van der Waals surface area contributed by atoms with E-state index < -0.39 is 26.5 Å². The maximum atomic E-state index is 12.9. The van der Waals surface area contributed by atoms with Crippen molar-refractivity contribution < 1.29 is 42.1 Å². The monoisotopic (exact) mass is 1460 g/mol. The van der Waals surface area contributed by atoms with E-state index in [0.717, 1.165) is 154 Å². The van der Waals surface area contributed by atoms with Gasteiger partial charge in [0, 0.05) is 12.8 Å². The number of nitrogens with zero attached hydrogens (tertiary/aromatic N) is 1. The number of unbranched alkanes of at least 4 members (excludes halogenated alkanes) is 30. The molecule has 2 unspecified atom stereocenters. The largest absolute Gasteiger partial charge is 0.756 e. The molecule has 0 aromatic carbocycles. The molecule has 0 amide bonds. The lowest BCUT2D eigenvalue weighted by Gasteiger charge is -2.28. The van der Waals surface area contributed by atoms with Crippen LogP contribution in [0.4, 0.5) is 0 Å². The lowest BCUT2D eigenvalue weighted by Crippen LogP contribution is -2.37. The van der Waals surface area contributed by atoms with Crippen molar-refractivity contribution in [3.8, 4) is 0 Å². The summed E-state index contributed by atoms with van der Waals surface area (Å²) in [5, 5.41) is 0. The van der Waals surface area contributed by atoms with Crippen molar-refractivity contribution in [1.82, 2.24) is 0 Å². The van der Waals surface area contributed by atoms with Gasteiger partial charge in [-0.05, 0) is 141 Å². The van der Waals surface area contributed by atoms with E-state index in [4.69, 9.17) is 18.5 Å². The first-order chi connectivity index (χ1) is 51.0. The summed E-state index contributed by atoms with van der Waals surface area (Å²) in [6.07, 6.45) is 127. The minimum absolute atomic E-state index is 0.0424. The van der Waals surface area contributed by atoms with E-state index in [1.54, 1.807) is 0 Å². The van der Waals surface area contributed by atoms with Gasteiger partial charge in [-0.3, -0.25) is 14.2 Å². The van der Waals surface area contributed by atoms with Crippen molar-refractivity contribution in [1.29, 1.82) is 0 Å². The van der Waals surface area contributed by atoms with Crippen molar-refractivity contribution >= 4 is 19.8 Å². The molecular weight excluding hydrogens is 1300 g/mol. The molecule has 0 aromatic rings. The van der Waals surface area contributed by atoms with Crippen LogP contribution in [0.3, 0.4) is 0 Å². The van der Waals surface area contributed by atoms with E-state index in [-0.39, 0.29) is 32.0 Å². The van der Waals surface area contributed by atoms with Crippen LogP contribution in [0.1, 0.15) is 335 Å². The Labute approximate surface area is 641 Å². The summed E-state index contributed by atoms with van der Waals surface area (Å²) in [5.41, 5.74) is 0. The third-order valence-electron chi connectivity index (χ3n) is 17.6. The number of ether oxygens (including phenoxy) is 2. The van der Waals surface area contributed by atoms with Gasteiger partial charge in [-0.1, -0.05) is 375 Å². The molecule has 0 fully saturated rings. The van der Waals surface area contributed by atoms with E-state index in [0.29, 0.717) is 17.4 Å². The zero-order valence-electron chi connectivity index (χ0n) is 67.4. The number of rotatable bonds is 76. The number of carbonyl (C=O) groups excluding carboxylic acids is 2. The number of allylic oxidation sites excluding steroid dienone is 32. The molecule has 0 aliphatic rings. The molecule has 0 heterocycles. The first-order valence-corrected chi connectivity index (χ1v) is 43.6. The predicted octanol–water partition coefficient (Wildman–Crippen LogP) is 28.1. The fourth-order valence-electron chi connectivity index (χ4n) is 11.3. The highest BCUT2D eigenvalue weighted by atomic mass is 31.2. The Morgan fingerprint density at radius 1 is 0.298 bits per heavy atom. The van der Waals surface area contributed by atoms with Crippen LogP contribution in [-0.4, -0.2) is 70.0 Å². The Morgan fingerprint density at radius 2 is 0.519 bits per heavy atom. The fourth-order valence-corrected chi connectivity index (χ4v) is 12.0. The molecule has 10 heteroatoms. The molecule has 9 nitrogen and oxygen atoms in total. The van der Waals surface area contributed by atoms with Crippen LogP contribution in [0.5, 0.6) is 0 Å². The Hall–Kier alpha value is -5.15. The maximum Gasteiger partial charge on any atom is 0.306 e. The zero-order valence-corrected chi connectivity index (χ0v) is 68.3. The summed E-state index contributed by atoms with van der Waals surface area (Å²) >= 11 is 0. The highest BCUT2D eigenvalue weighted by molar-refractivity contribution is 7.45. The smallest absolute Gasteiger partial charge is 0.306 e. The quantitative estimate of drug-likeness (QED) is 0.0195. The van der Waals surface area contributed by atoms with Crippen molar-refractivity contribution in [3.63, 3.8) is 0 Å². The van der Waals surface area contributed by atoms with Crippen LogP contribution >= 0.6 is 7.82 Å². The second kappa shape index (κ2) is 81.9. The highest BCUT2D eigenvalue weighted by Crippen LogP contribution is 2.38. The van der Waals surface area contributed by atoms with E-state index in [9.17, 15) is 19.0 Å². The molecular formula is C94H156NO8P. The minimum atomic E-state index is -4.66. The van der Waals surface area contributed by atoms with Crippen molar-refractivity contribution in [2.24, 2.45) is 0 Å². The molecule has 0 bridgehead atoms. The minimum Gasteiger partial charge on any atom is -0.756 e. The van der Waals surface area contributed by atoms with E-state index in [2.05, 4.69) is 208 Å². The second-order valence-electron chi connectivity index (χ2n) is 28.7. The van der Waals surface area contributed by atoms with Crippen LogP contribution < -0.4 is 4.89 Å². The molecule has 104 heavy (non-hydrogen) atoms. The van der Waals surface area contributed by atoms with Gasteiger partial charge in [-0.2, -0.15) is 0 Å². The second-order valence-corrected chi connectivity index (χ2v) is 30.1. The number of esters is 2. The topological polar surface area (TPSA) is 111 Å². The van der Waals surface area contributed by atoms with Crippen LogP contribution in [0.15, 0.2) is 194 Å².